The summed E-state index contributed by atoms with van der Waals surface area (Å²) < 4.78 is 4.58. The molecule has 1 aromatic rings. The highest BCUT2D eigenvalue weighted by molar-refractivity contribution is 9.25. The van der Waals surface area contributed by atoms with Gasteiger partial charge in [0.05, 0.1) is 12.1 Å². The first kappa shape index (κ1) is 12.0. The molecule has 0 N–H and O–H groups in total. The van der Waals surface area contributed by atoms with Gasteiger partial charge in [0.15, 0.2) is 5.78 Å². The summed E-state index contributed by atoms with van der Waals surface area (Å²) in [4.78, 5) is 11.5. The zero-order valence-electron chi connectivity index (χ0n) is 7.26. The van der Waals surface area contributed by atoms with Crippen LogP contribution in [0.5, 0.6) is 5.75 Å². The third kappa shape index (κ3) is 2.72. The average Bonchev–Trinajstić information content (AvgIpc) is 2.16. The number of rotatable bonds is 3. The highest BCUT2D eigenvalue weighted by atomic mass is 79.9. The number of alkyl halides is 2. The quantitative estimate of drug-likeness (QED) is 0.619. The van der Waals surface area contributed by atoms with Gasteiger partial charge in [-0.15, -0.1) is 0 Å². The Morgan fingerprint density at radius 1 is 1.50 bits per heavy atom. The van der Waals surface area contributed by atoms with Crippen LogP contribution in [-0.4, -0.2) is 16.6 Å². The molecule has 0 aromatic heterocycles. The molecule has 0 saturated heterocycles. The van der Waals surface area contributed by atoms with Gasteiger partial charge in [-0.2, -0.15) is 0 Å². The van der Waals surface area contributed by atoms with Crippen molar-refractivity contribution < 1.29 is 9.53 Å². The molecule has 5 heteroatoms. The monoisotopic (exact) mass is 340 g/mol. The van der Waals surface area contributed by atoms with Gasteiger partial charge in [-0.25, -0.2) is 0 Å². The second-order valence-corrected chi connectivity index (χ2v) is 5.98. The fraction of sp³-hybridized carbons (Fsp3) is 0.222. The Bertz CT molecular complexity index is 353. The second kappa shape index (κ2) is 5.14. The third-order valence-corrected chi connectivity index (χ3v) is 2.76. The normalized spacial score (nSPS) is 10.4. The van der Waals surface area contributed by atoms with Crippen molar-refractivity contribution in [3.8, 4) is 5.75 Å². The van der Waals surface area contributed by atoms with Crippen LogP contribution in [-0.2, 0) is 0 Å². The first-order valence-corrected chi connectivity index (χ1v) is 5.93. The summed E-state index contributed by atoms with van der Waals surface area (Å²) in [5.74, 6) is 0.485. The average molecular weight is 342 g/mol. The van der Waals surface area contributed by atoms with Crippen molar-refractivity contribution in [2.75, 3.05) is 7.11 Å². The minimum absolute atomic E-state index is 0.0745. The number of carbonyl (C=O) groups is 1. The van der Waals surface area contributed by atoms with Gasteiger partial charge < -0.3 is 4.74 Å². The van der Waals surface area contributed by atoms with E-state index in [0.29, 0.717) is 16.3 Å². The van der Waals surface area contributed by atoms with Crippen molar-refractivity contribution in [3.05, 3.63) is 28.8 Å². The molecule has 0 fully saturated rings. The van der Waals surface area contributed by atoms with Crippen LogP contribution in [0.1, 0.15) is 10.4 Å². The predicted octanol–water partition coefficient (Wildman–Crippen LogP) is 3.65. The van der Waals surface area contributed by atoms with Crippen LogP contribution in [0.4, 0.5) is 0 Å². The van der Waals surface area contributed by atoms with E-state index in [2.05, 4.69) is 31.9 Å². The molecule has 0 aliphatic carbocycles. The molecule has 0 aliphatic rings. The smallest absolute Gasteiger partial charge is 0.187 e. The SMILES string of the molecule is COc1ccc(C(=O)C(Br)Br)cc1Cl. The highest BCUT2D eigenvalue weighted by Gasteiger charge is 2.14. The summed E-state index contributed by atoms with van der Waals surface area (Å²) >= 11 is 12.1. The van der Waals surface area contributed by atoms with Gasteiger partial charge >= 0.3 is 0 Å². The molecule has 76 valence electrons. The molecule has 0 amide bonds. The summed E-state index contributed by atoms with van der Waals surface area (Å²) in [6.45, 7) is 0. The molecule has 0 heterocycles. The van der Waals surface area contributed by atoms with Crippen LogP contribution in [0, 0.1) is 0 Å². The van der Waals surface area contributed by atoms with E-state index in [1.54, 1.807) is 18.2 Å². The van der Waals surface area contributed by atoms with E-state index in [-0.39, 0.29) is 9.52 Å². The lowest BCUT2D eigenvalue weighted by Gasteiger charge is -2.05. The topological polar surface area (TPSA) is 26.3 Å². The Hall–Kier alpha value is -0.0600. The van der Waals surface area contributed by atoms with Crippen LogP contribution in [0.2, 0.25) is 5.02 Å². The molecule has 0 atom stereocenters. The van der Waals surface area contributed by atoms with E-state index in [1.807, 2.05) is 0 Å². The van der Waals surface area contributed by atoms with E-state index in [4.69, 9.17) is 16.3 Å². The number of Topliss-reactive ketones (excluding diaryl/α,β-unsaturated/α-hetero) is 1. The van der Waals surface area contributed by atoms with Gasteiger partial charge in [-0.3, -0.25) is 4.79 Å². The van der Waals surface area contributed by atoms with E-state index in [9.17, 15) is 4.79 Å². The largest absolute Gasteiger partial charge is 0.495 e. The minimum atomic E-state index is -0.389. The molecule has 1 rings (SSSR count). The van der Waals surface area contributed by atoms with Crippen molar-refractivity contribution in [2.45, 2.75) is 3.74 Å². The molecule has 14 heavy (non-hydrogen) atoms. The maximum Gasteiger partial charge on any atom is 0.187 e. The van der Waals surface area contributed by atoms with Crippen LogP contribution < -0.4 is 4.74 Å². The molecular weight excluding hydrogens is 335 g/mol. The number of carbonyl (C=O) groups excluding carboxylic acids is 1. The number of ketones is 1. The number of benzene rings is 1. The summed E-state index contributed by atoms with van der Waals surface area (Å²) in [7, 11) is 1.53. The van der Waals surface area contributed by atoms with Crippen molar-refractivity contribution in [3.63, 3.8) is 0 Å². The molecule has 0 saturated carbocycles. The van der Waals surface area contributed by atoms with Crippen molar-refractivity contribution in [1.82, 2.24) is 0 Å². The Labute approximate surface area is 104 Å². The van der Waals surface area contributed by atoms with Gasteiger partial charge in [0.2, 0.25) is 0 Å². The predicted molar refractivity (Wildman–Crippen MR) is 64.0 cm³/mol. The first-order valence-electron chi connectivity index (χ1n) is 3.72. The Morgan fingerprint density at radius 2 is 2.14 bits per heavy atom. The molecule has 0 unspecified atom stereocenters. The lowest BCUT2D eigenvalue weighted by Crippen LogP contribution is -2.06. The summed E-state index contributed by atoms with van der Waals surface area (Å²) in [6.07, 6.45) is 0. The number of hydrogen-bond donors (Lipinski definition) is 0. The molecule has 1 aromatic carbocycles. The maximum absolute atomic E-state index is 11.5. The Balaban J connectivity index is 3.03. The van der Waals surface area contributed by atoms with Gasteiger partial charge in [-0.1, -0.05) is 43.5 Å². The Morgan fingerprint density at radius 3 is 2.57 bits per heavy atom. The fourth-order valence-corrected chi connectivity index (χ4v) is 1.73. The molecule has 0 spiro atoms. The van der Waals surface area contributed by atoms with Crippen molar-refractivity contribution >= 4 is 49.2 Å². The summed E-state index contributed by atoms with van der Waals surface area (Å²) in [6, 6.07) is 4.92. The number of halogens is 3. The van der Waals surface area contributed by atoms with Gasteiger partial charge in [-0.05, 0) is 18.2 Å². The van der Waals surface area contributed by atoms with Crippen molar-refractivity contribution in [1.29, 1.82) is 0 Å². The maximum atomic E-state index is 11.5. The lowest BCUT2D eigenvalue weighted by atomic mass is 10.1. The zero-order valence-corrected chi connectivity index (χ0v) is 11.2. The minimum Gasteiger partial charge on any atom is -0.495 e. The first-order chi connectivity index (χ1) is 6.56. The zero-order chi connectivity index (χ0) is 10.7. The van der Waals surface area contributed by atoms with Crippen LogP contribution >= 0.6 is 43.5 Å². The number of methoxy groups -OCH3 is 1. The van der Waals surface area contributed by atoms with E-state index < -0.39 is 0 Å². The Kier molecular flexibility index (Phi) is 4.41. The molecule has 0 radical (unpaired) electrons. The summed E-state index contributed by atoms with van der Waals surface area (Å²) in [5.41, 5.74) is 0.537. The van der Waals surface area contributed by atoms with Crippen LogP contribution in [0.3, 0.4) is 0 Å². The highest BCUT2D eigenvalue weighted by Crippen LogP contribution is 2.26. The van der Waals surface area contributed by atoms with Gasteiger partial charge in [0, 0.05) is 5.56 Å². The number of hydrogen-bond acceptors (Lipinski definition) is 2. The van der Waals surface area contributed by atoms with Gasteiger partial charge in [0.1, 0.15) is 9.49 Å². The molecule has 0 aliphatic heterocycles. The molecule has 0 bridgehead atoms. The van der Waals surface area contributed by atoms with Crippen LogP contribution in [0.25, 0.3) is 0 Å². The lowest BCUT2D eigenvalue weighted by molar-refractivity contribution is 0.101. The van der Waals surface area contributed by atoms with E-state index in [1.165, 1.54) is 7.11 Å². The standard InChI is InChI=1S/C9H7Br2ClO2/c1-14-7-3-2-5(4-6(7)12)8(13)9(10)11/h2-4,9H,1H3. The van der Waals surface area contributed by atoms with E-state index >= 15 is 0 Å². The summed E-state index contributed by atoms with van der Waals surface area (Å²) in [5, 5.41) is 0.430. The number of ether oxygens (including phenoxy) is 1. The second-order valence-electron chi connectivity index (χ2n) is 2.51. The third-order valence-electron chi connectivity index (χ3n) is 1.63. The van der Waals surface area contributed by atoms with Crippen LogP contribution in [0.15, 0.2) is 18.2 Å². The van der Waals surface area contributed by atoms with Crippen molar-refractivity contribution in [2.24, 2.45) is 0 Å². The molecule has 2 nitrogen and oxygen atoms in total. The van der Waals surface area contributed by atoms with Gasteiger partial charge in [0.25, 0.3) is 0 Å². The fourth-order valence-electron chi connectivity index (χ4n) is 0.946. The van der Waals surface area contributed by atoms with E-state index in [0.717, 1.165) is 0 Å². The molecular formula is C9H7Br2ClO2.